The van der Waals surface area contributed by atoms with Crippen molar-refractivity contribution in [3.8, 4) is 0 Å². The van der Waals surface area contributed by atoms with Crippen LogP contribution in [0.1, 0.15) is 36.3 Å². The van der Waals surface area contributed by atoms with Crippen molar-refractivity contribution in [3.63, 3.8) is 0 Å². The number of rotatable bonds is 3. The third-order valence-electron chi connectivity index (χ3n) is 5.66. The molecule has 132 valence electrons. The third kappa shape index (κ3) is 2.55. The van der Waals surface area contributed by atoms with E-state index in [4.69, 9.17) is 14.1 Å². The van der Waals surface area contributed by atoms with Gasteiger partial charge in [-0.2, -0.15) is 0 Å². The second kappa shape index (κ2) is 6.13. The van der Waals surface area contributed by atoms with E-state index in [1.807, 2.05) is 13.8 Å². The van der Waals surface area contributed by atoms with Crippen molar-refractivity contribution < 1.29 is 18.9 Å². The summed E-state index contributed by atoms with van der Waals surface area (Å²) in [5.74, 6) is 0.964. The van der Waals surface area contributed by atoms with Gasteiger partial charge in [-0.15, -0.1) is 0 Å². The molecule has 3 saturated heterocycles. The van der Waals surface area contributed by atoms with Gasteiger partial charge in [0, 0.05) is 31.8 Å². The minimum atomic E-state index is -0.471. The van der Waals surface area contributed by atoms with Crippen LogP contribution in [0.25, 0.3) is 0 Å². The monoisotopic (exact) mass is 335 g/mol. The summed E-state index contributed by atoms with van der Waals surface area (Å²) < 4.78 is 11.2. The van der Waals surface area contributed by atoms with Gasteiger partial charge in [0.15, 0.2) is 0 Å². The zero-order valence-corrected chi connectivity index (χ0v) is 14.4. The second-order valence-electron chi connectivity index (χ2n) is 7.16. The summed E-state index contributed by atoms with van der Waals surface area (Å²) in [7, 11) is 0. The molecule has 3 aliphatic rings. The van der Waals surface area contributed by atoms with Crippen molar-refractivity contribution in [3.05, 3.63) is 17.0 Å². The smallest absolute Gasteiger partial charge is 0.256 e. The summed E-state index contributed by atoms with van der Waals surface area (Å²) in [6, 6.07) is 0. The molecular formula is C17H25N3O4. The number of ether oxygens (including phenoxy) is 1. The largest absolute Gasteiger partial charge is 0.377 e. The number of aryl methyl sites for hydroxylation is 2. The molecule has 24 heavy (non-hydrogen) atoms. The van der Waals surface area contributed by atoms with Gasteiger partial charge in [-0.1, -0.05) is 5.16 Å². The highest BCUT2D eigenvalue weighted by Gasteiger charge is 2.55. The van der Waals surface area contributed by atoms with E-state index in [0.717, 1.165) is 49.4 Å². The molecule has 0 bridgehead atoms. The Balaban J connectivity index is 1.54. The van der Waals surface area contributed by atoms with Crippen LogP contribution in [0.5, 0.6) is 0 Å². The molecule has 7 heteroatoms. The van der Waals surface area contributed by atoms with Crippen LogP contribution in [-0.2, 0) is 20.9 Å². The van der Waals surface area contributed by atoms with Crippen LogP contribution in [0.15, 0.2) is 4.52 Å². The van der Waals surface area contributed by atoms with Crippen LogP contribution < -0.4 is 0 Å². The first kappa shape index (κ1) is 16.1. The maximum atomic E-state index is 13.1. The number of fused-ring (bicyclic) bond motifs is 1. The maximum Gasteiger partial charge on any atom is 0.256 e. The predicted octanol–water partition coefficient (Wildman–Crippen LogP) is 1.44. The normalized spacial score (nSPS) is 30.8. The van der Waals surface area contributed by atoms with Gasteiger partial charge < -0.3 is 9.26 Å². The number of hydrogen-bond acceptors (Lipinski definition) is 6. The molecule has 7 nitrogen and oxygen atoms in total. The van der Waals surface area contributed by atoms with Crippen LogP contribution in [0.4, 0.5) is 0 Å². The fourth-order valence-electron chi connectivity index (χ4n) is 4.28. The SMILES string of the molecule is Cc1noc(C)c1CN1CC[C@H]2OCC[C@@]2(C(=O)N2CCCO2)C1. The van der Waals surface area contributed by atoms with E-state index in [2.05, 4.69) is 10.1 Å². The first-order valence-corrected chi connectivity index (χ1v) is 8.81. The lowest BCUT2D eigenvalue weighted by Gasteiger charge is -2.43. The van der Waals surface area contributed by atoms with E-state index < -0.39 is 5.41 Å². The summed E-state index contributed by atoms with van der Waals surface area (Å²) in [6.45, 7) is 8.29. The van der Waals surface area contributed by atoms with Crippen LogP contribution >= 0.6 is 0 Å². The van der Waals surface area contributed by atoms with E-state index in [1.54, 1.807) is 5.06 Å². The zero-order valence-electron chi connectivity index (χ0n) is 14.4. The van der Waals surface area contributed by atoms with Crippen LogP contribution in [-0.4, -0.2) is 60.0 Å². The van der Waals surface area contributed by atoms with Gasteiger partial charge in [0.05, 0.1) is 30.4 Å². The molecule has 0 radical (unpaired) electrons. The Labute approximate surface area is 141 Å². The van der Waals surface area contributed by atoms with Crippen molar-refractivity contribution in [2.75, 3.05) is 32.8 Å². The highest BCUT2D eigenvalue weighted by atomic mass is 16.7. The Hall–Kier alpha value is -1.44. The van der Waals surface area contributed by atoms with Gasteiger partial charge in [-0.3, -0.25) is 14.5 Å². The molecule has 3 aliphatic heterocycles. The minimum Gasteiger partial charge on any atom is -0.377 e. The lowest BCUT2D eigenvalue weighted by Crippen LogP contribution is -2.57. The molecule has 0 aliphatic carbocycles. The van der Waals surface area contributed by atoms with Gasteiger partial charge in [0.1, 0.15) is 5.76 Å². The predicted molar refractivity (Wildman–Crippen MR) is 84.9 cm³/mol. The number of carbonyl (C=O) groups excluding carboxylic acids is 1. The molecule has 0 aromatic carbocycles. The fourth-order valence-corrected chi connectivity index (χ4v) is 4.28. The Morgan fingerprint density at radius 2 is 2.21 bits per heavy atom. The molecule has 4 rings (SSSR count). The Morgan fingerprint density at radius 1 is 1.33 bits per heavy atom. The number of carbonyl (C=O) groups is 1. The summed E-state index contributed by atoms with van der Waals surface area (Å²) >= 11 is 0. The van der Waals surface area contributed by atoms with E-state index in [9.17, 15) is 4.79 Å². The van der Waals surface area contributed by atoms with Gasteiger partial charge in [-0.05, 0) is 33.1 Å². The average molecular weight is 335 g/mol. The summed E-state index contributed by atoms with van der Waals surface area (Å²) in [4.78, 5) is 21.0. The van der Waals surface area contributed by atoms with Gasteiger partial charge in [-0.25, -0.2) is 5.06 Å². The first-order valence-electron chi connectivity index (χ1n) is 8.81. The van der Waals surface area contributed by atoms with Crippen molar-refractivity contribution in [2.45, 2.75) is 45.8 Å². The van der Waals surface area contributed by atoms with Crippen molar-refractivity contribution >= 4 is 5.91 Å². The molecule has 0 saturated carbocycles. The minimum absolute atomic E-state index is 0.00937. The molecular weight excluding hydrogens is 310 g/mol. The van der Waals surface area contributed by atoms with E-state index in [1.165, 1.54) is 0 Å². The standard InChI is InChI=1S/C17H25N3O4/c1-12-14(13(2)24-18-12)10-19-7-4-15-17(11-19,5-9-22-15)16(21)20-6-3-8-23-20/h15H,3-11H2,1-2H3/t15-,17-/m1/s1. The highest BCUT2D eigenvalue weighted by molar-refractivity contribution is 5.83. The average Bonchev–Trinajstić information content (AvgIpc) is 3.30. The molecule has 2 atom stereocenters. The van der Waals surface area contributed by atoms with Gasteiger partial charge in [0.2, 0.25) is 0 Å². The zero-order chi connectivity index (χ0) is 16.7. The van der Waals surface area contributed by atoms with Crippen molar-refractivity contribution in [1.82, 2.24) is 15.1 Å². The first-order chi connectivity index (χ1) is 11.6. The molecule has 1 aromatic heterocycles. The maximum absolute atomic E-state index is 13.1. The summed E-state index contributed by atoms with van der Waals surface area (Å²) in [6.07, 6.45) is 2.57. The highest BCUT2D eigenvalue weighted by Crippen LogP contribution is 2.43. The van der Waals surface area contributed by atoms with Crippen molar-refractivity contribution in [2.24, 2.45) is 5.41 Å². The number of amides is 1. The van der Waals surface area contributed by atoms with Gasteiger partial charge in [0.25, 0.3) is 5.91 Å². The Bertz CT molecular complexity index is 606. The van der Waals surface area contributed by atoms with E-state index in [0.29, 0.717) is 26.3 Å². The molecule has 0 spiro atoms. The lowest BCUT2D eigenvalue weighted by molar-refractivity contribution is -0.187. The third-order valence-corrected chi connectivity index (χ3v) is 5.66. The number of hydroxylamine groups is 2. The number of aromatic nitrogens is 1. The second-order valence-corrected chi connectivity index (χ2v) is 7.16. The fraction of sp³-hybridized carbons (Fsp3) is 0.765. The van der Waals surface area contributed by atoms with Crippen LogP contribution in [0.2, 0.25) is 0 Å². The Kier molecular flexibility index (Phi) is 4.10. The number of piperidine rings is 1. The van der Waals surface area contributed by atoms with E-state index in [-0.39, 0.29) is 12.0 Å². The lowest BCUT2D eigenvalue weighted by atomic mass is 9.75. The molecule has 0 unspecified atom stereocenters. The topological polar surface area (TPSA) is 68.0 Å². The molecule has 1 aromatic rings. The van der Waals surface area contributed by atoms with Crippen LogP contribution in [0, 0.1) is 19.3 Å². The molecule has 3 fully saturated rings. The van der Waals surface area contributed by atoms with E-state index >= 15 is 0 Å². The van der Waals surface area contributed by atoms with Crippen LogP contribution in [0.3, 0.4) is 0 Å². The molecule has 0 N–H and O–H groups in total. The number of nitrogens with zero attached hydrogens (tertiary/aromatic N) is 3. The number of likely N-dealkylation sites (tertiary alicyclic amines) is 1. The summed E-state index contributed by atoms with van der Waals surface area (Å²) in [5.41, 5.74) is 1.59. The van der Waals surface area contributed by atoms with Crippen molar-refractivity contribution in [1.29, 1.82) is 0 Å². The Morgan fingerprint density at radius 3 is 2.92 bits per heavy atom. The molecule has 4 heterocycles. The quantitative estimate of drug-likeness (QED) is 0.832. The van der Waals surface area contributed by atoms with Gasteiger partial charge >= 0.3 is 0 Å². The summed E-state index contributed by atoms with van der Waals surface area (Å²) in [5, 5.41) is 5.61. The molecule has 1 amide bonds. The number of hydrogen-bond donors (Lipinski definition) is 0.